The third kappa shape index (κ3) is 4.45. The van der Waals surface area contributed by atoms with Crippen molar-refractivity contribution in [2.45, 2.75) is 64.4 Å². The summed E-state index contributed by atoms with van der Waals surface area (Å²) < 4.78 is 45.2. The highest BCUT2D eigenvalue weighted by atomic mass is 19.4. The van der Waals surface area contributed by atoms with Gasteiger partial charge in [0.25, 0.3) is 5.82 Å². The zero-order chi connectivity index (χ0) is 20.7. The molecule has 11 heteroatoms. The van der Waals surface area contributed by atoms with Crippen LogP contribution in [0.2, 0.25) is 0 Å². The number of rotatable bonds is 2. The number of aromatic nitrogens is 4. The van der Waals surface area contributed by atoms with Gasteiger partial charge in [0.1, 0.15) is 11.4 Å². The Morgan fingerprint density at radius 2 is 1.96 bits per heavy atom. The number of nitrogens with zero attached hydrogens (tertiary/aromatic N) is 5. The van der Waals surface area contributed by atoms with Crippen molar-refractivity contribution in [2.75, 3.05) is 11.4 Å². The number of fused-ring (bicyclic) bond motifs is 1. The highest BCUT2D eigenvalue weighted by Gasteiger charge is 2.38. The maximum atomic E-state index is 13.1. The standard InChI is InChI=1S/C17H23F3N6O2/c1-10-9-11(21-15(27)28-16(2,3)4)7-8-25(10)13-6-5-12-22-23-14(17(18,19)20)26(12)24-13/h5-6,10-11H,7-9H2,1-4H3,(H,21,27). The predicted octanol–water partition coefficient (Wildman–Crippen LogP) is 3.03. The smallest absolute Gasteiger partial charge is 0.444 e. The Bertz CT molecular complexity index is 861. The maximum Gasteiger partial charge on any atom is 0.453 e. The Balaban J connectivity index is 1.71. The van der Waals surface area contributed by atoms with Crippen molar-refractivity contribution in [3.8, 4) is 0 Å². The van der Waals surface area contributed by atoms with E-state index in [0.29, 0.717) is 29.7 Å². The molecule has 0 saturated carbocycles. The van der Waals surface area contributed by atoms with Gasteiger partial charge in [-0.1, -0.05) is 0 Å². The van der Waals surface area contributed by atoms with Crippen molar-refractivity contribution in [3.05, 3.63) is 18.0 Å². The average molecular weight is 400 g/mol. The minimum Gasteiger partial charge on any atom is -0.444 e. The molecular formula is C17H23F3N6O2. The molecule has 0 aromatic carbocycles. The molecule has 8 nitrogen and oxygen atoms in total. The highest BCUT2D eigenvalue weighted by molar-refractivity contribution is 5.68. The Kier molecular flexibility index (Phi) is 5.11. The lowest BCUT2D eigenvalue weighted by Gasteiger charge is -2.38. The van der Waals surface area contributed by atoms with Gasteiger partial charge in [0.15, 0.2) is 5.65 Å². The molecule has 1 amide bonds. The molecule has 1 saturated heterocycles. The summed E-state index contributed by atoms with van der Waals surface area (Å²) in [7, 11) is 0. The number of alkyl carbamates (subject to hydrolysis) is 1. The molecule has 154 valence electrons. The first-order valence-corrected chi connectivity index (χ1v) is 9.00. The van der Waals surface area contributed by atoms with E-state index >= 15 is 0 Å². The lowest BCUT2D eigenvalue weighted by molar-refractivity contribution is -0.146. The van der Waals surface area contributed by atoms with Crippen LogP contribution >= 0.6 is 0 Å². The third-order valence-corrected chi connectivity index (χ3v) is 4.39. The van der Waals surface area contributed by atoms with Crippen LogP contribution in [0, 0.1) is 0 Å². The fraction of sp³-hybridized carbons (Fsp3) is 0.647. The number of carbonyl (C=O) groups is 1. The average Bonchev–Trinajstić information content (AvgIpc) is 2.96. The molecule has 0 radical (unpaired) electrons. The van der Waals surface area contributed by atoms with Gasteiger partial charge in [-0.25, -0.2) is 4.79 Å². The minimum absolute atomic E-state index is 0.0326. The van der Waals surface area contributed by atoms with E-state index in [1.54, 1.807) is 26.8 Å². The van der Waals surface area contributed by atoms with Crippen molar-refractivity contribution in [3.63, 3.8) is 0 Å². The molecule has 2 aromatic rings. The van der Waals surface area contributed by atoms with Crippen molar-refractivity contribution >= 4 is 17.6 Å². The quantitative estimate of drug-likeness (QED) is 0.834. The number of anilines is 1. The molecule has 28 heavy (non-hydrogen) atoms. The second-order valence-corrected chi connectivity index (χ2v) is 7.89. The van der Waals surface area contributed by atoms with Crippen LogP contribution in [0.25, 0.3) is 5.65 Å². The Hall–Kier alpha value is -2.59. The molecule has 3 rings (SSSR count). The number of alkyl halides is 3. The molecule has 1 aliphatic heterocycles. The van der Waals surface area contributed by atoms with Crippen molar-refractivity contribution in [2.24, 2.45) is 0 Å². The topological polar surface area (TPSA) is 84.6 Å². The minimum atomic E-state index is -4.64. The summed E-state index contributed by atoms with van der Waals surface area (Å²) in [6.45, 7) is 7.84. The van der Waals surface area contributed by atoms with E-state index in [2.05, 4.69) is 20.6 Å². The van der Waals surface area contributed by atoms with E-state index < -0.39 is 23.7 Å². The second kappa shape index (κ2) is 7.10. The Morgan fingerprint density at radius 1 is 1.25 bits per heavy atom. The number of ether oxygens (including phenoxy) is 1. The number of halogens is 3. The maximum absolute atomic E-state index is 13.1. The molecule has 1 fully saturated rings. The van der Waals surface area contributed by atoms with Gasteiger partial charge in [0.05, 0.1) is 0 Å². The SMILES string of the molecule is CC1CC(NC(=O)OC(C)(C)C)CCN1c1ccc2nnc(C(F)(F)F)n2n1. The molecule has 0 aliphatic carbocycles. The van der Waals surface area contributed by atoms with E-state index in [9.17, 15) is 18.0 Å². The number of carbonyl (C=O) groups excluding carboxylic acids is 1. The molecule has 0 spiro atoms. The largest absolute Gasteiger partial charge is 0.453 e. The van der Waals surface area contributed by atoms with E-state index in [-0.39, 0.29) is 17.7 Å². The first-order valence-electron chi connectivity index (χ1n) is 9.00. The summed E-state index contributed by atoms with van der Waals surface area (Å²) in [5.41, 5.74) is -0.546. The summed E-state index contributed by atoms with van der Waals surface area (Å²) in [4.78, 5) is 13.9. The van der Waals surface area contributed by atoms with Gasteiger partial charge in [-0.2, -0.15) is 17.7 Å². The molecule has 2 aromatic heterocycles. The molecule has 2 unspecified atom stereocenters. The predicted molar refractivity (Wildman–Crippen MR) is 95.0 cm³/mol. The lowest BCUT2D eigenvalue weighted by Crippen LogP contribution is -2.50. The summed E-state index contributed by atoms with van der Waals surface area (Å²) in [6, 6.07) is 2.97. The normalized spacial score (nSPS) is 21.0. The fourth-order valence-corrected chi connectivity index (χ4v) is 3.23. The van der Waals surface area contributed by atoms with Gasteiger partial charge in [-0.05, 0) is 52.7 Å². The van der Waals surface area contributed by atoms with Crippen LogP contribution < -0.4 is 10.2 Å². The molecule has 1 aliphatic rings. The van der Waals surface area contributed by atoms with Crippen molar-refractivity contribution < 1.29 is 22.7 Å². The van der Waals surface area contributed by atoms with Crippen molar-refractivity contribution in [1.82, 2.24) is 25.1 Å². The van der Waals surface area contributed by atoms with E-state index in [0.717, 1.165) is 0 Å². The van der Waals surface area contributed by atoms with Gasteiger partial charge in [-0.3, -0.25) is 0 Å². The molecule has 1 N–H and O–H groups in total. The van der Waals surface area contributed by atoms with E-state index in [4.69, 9.17) is 4.74 Å². The fourth-order valence-electron chi connectivity index (χ4n) is 3.23. The Morgan fingerprint density at radius 3 is 2.57 bits per heavy atom. The first-order chi connectivity index (χ1) is 12.9. The number of hydrogen-bond donors (Lipinski definition) is 1. The number of piperidine rings is 1. The van der Waals surface area contributed by atoms with Crippen LogP contribution in [0.1, 0.15) is 46.4 Å². The van der Waals surface area contributed by atoms with Crippen LogP contribution in [0.3, 0.4) is 0 Å². The second-order valence-electron chi connectivity index (χ2n) is 7.89. The van der Waals surface area contributed by atoms with Gasteiger partial charge in [-0.15, -0.1) is 15.3 Å². The summed E-state index contributed by atoms with van der Waals surface area (Å²) in [5, 5.41) is 13.7. The van der Waals surface area contributed by atoms with Crippen LogP contribution in [0.4, 0.5) is 23.8 Å². The summed E-state index contributed by atoms with van der Waals surface area (Å²) in [6.07, 6.45) is -3.87. The zero-order valence-electron chi connectivity index (χ0n) is 16.1. The van der Waals surface area contributed by atoms with Crippen LogP contribution in [-0.4, -0.2) is 50.1 Å². The van der Waals surface area contributed by atoms with Crippen LogP contribution in [0.15, 0.2) is 12.1 Å². The van der Waals surface area contributed by atoms with Gasteiger partial charge in [0.2, 0.25) is 0 Å². The number of amides is 1. The van der Waals surface area contributed by atoms with Gasteiger partial charge < -0.3 is 15.0 Å². The van der Waals surface area contributed by atoms with E-state index in [1.807, 2.05) is 11.8 Å². The van der Waals surface area contributed by atoms with Gasteiger partial charge >= 0.3 is 12.3 Å². The Labute approximate surface area is 160 Å². The van der Waals surface area contributed by atoms with E-state index in [1.165, 1.54) is 6.07 Å². The first kappa shape index (κ1) is 20.2. The summed E-state index contributed by atoms with van der Waals surface area (Å²) >= 11 is 0. The van der Waals surface area contributed by atoms with Crippen molar-refractivity contribution in [1.29, 1.82) is 0 Å². The molecular weight excluding hydrogens is 377 g/mol. The number of hydrogen-bond acceptors (Lipinski definition) is 6. The molecule has 2 atom stereocenters. The third-order valence-electron chi connectivity index (χ3n) is 4.39. The van der Waals surface area contributed by atoms with Crippen LogP contribution in [0.5, 0.6) is 0 Å². The van der Waals surface area contributed by atoms with Gasteiger partial charge in [0, 0.05) is 18.6 Å². The summed E-state index contributed by atoms with van der Waals surface area (Å²) in [5.74, 6) is -0.750. The zero-order valence-corrected chi connectivity index (χ0v) is 16.1. The monoisotopic (exact) mass is 400 g/mol. The molecule has 0 bridgehead atoms. The number of nitrogens with one attached hydrogen (secondary N) is 1. The highest BCUT2D eigenvalue weighted by Crippen LogP contribution is 2.29. The van der Waals surface area contributed by atoms with Crippen LogP contribution in [-0.2, 0) is 10.9 Å². The lowest BCUT2D eigenvalue weighted by atomic mass is 9.98. The molecule has 3 heterocycles.